The van der Waals surface area contributed by atoms with Crippen LogP contribution in [0.2, 0.25) is 0 Å². The molecule has 1 fully saturated rings. The second-order valence-corrected chi connectivity index (χ2v) is 6.03. The molecular formula is C16H17N5O2. The molecule has 1 aliphatic carbocycles. The van der Waals surface area contributed by atoms with E-state index in [0.29, 0.717) is 38.9 Å². The van der Waals surface area contributed by atoms with Gasteiger partial charge in [-0.2, -0.15) is 9.83 Å². The number of aryl methyl sites for hydroxylation is 1. The minimum atomic E-state index is -0.189. The highest BCUT2D eigenvalue weighted by Crippen LogP contribution is 2.31. The number of fused-ring (bicyclic) bond motifs is 1. The van der Waals surface area contributed by atoms with Crippen LogP contribution in [0.4, 0.5) is 0 Å². The SMILES string of the molecule is Cc1nn(C2CCCC2)c2nc(-c3cc[n+]([O-])cc3)[nH]c(=O)c12. The molecule has 0 radical (unpaired) electrons. The van der Waals surface area contributed by atoms with Crippen molar-refractivity contribution in [1.82, 2.24) is 19.7 Å². The maximum absolute atomic E-state index is 12.5. The molecule has 7 nitrogen and oxygen atoms in total. The van der Waals surface area contributed by atoms with Crippen molar-refractivity contribution in [3.63, 3.8) is 0 Å². The lowest BCUT2D eigenvalue weighted by Gasteiger charge is -2.10. The maximum Gasteiger partial charge on any atom is 0.262 e. The summed E-state index contributed by atoms with van der Waals surface area (Å²) in [6, 6.07) is 3.59. The van der Waals surface area contributed by atoms with E-state index in [4.69, 9.17) is 0 Å². The topological polar surface area (TPSA) is 90.5 Å². The number of nitrogens with one attached hydrogen (secondary N) is 1. The molecular weight excluding hydrogens is 294 g/mol. The molecule has 0 saturated heterocycles. The van der Waals surface area contributed by atoms with Crippen LogP contribution in [0.5, 0.6) is 0 Å². The maximum atomic E-state index is 12.5. The van der Waals surface area contributed by atoms with Crippen LogP contribution in [0.25, 0.3) is 22.4 Å². The molecule has 23 heavy (non-hydrogen) atoms. The van der Waals surface area contributed by atoms with Crippen LogP contribution in [-0.2, 0) is 0 Å². The molecule has 7 heteroatoms. The first-order chi connectivity index (χ1) is 11.1. The number of H-pyrrole nitrogens is 1. The van der Waals surface area contributed by atoms with Crippen LogP contribution in [0.3, 0.4) is 0 Å². The number of aromatic nitrogens is 5. The van der Waals surface area contributed by atoms with Crippen LogP contribution in [0.1, 0.15) is 37.4 Å². The van der Waals surface area contributed by atoms with Crippen molar-refractivity contribution in [2.45, 2.75) is 38.6 Å². The minimum absolute atomic E-state index is 0.189. The third kappa shape index (κ3) is 2.28. The van der Waals surface area contributed by atoms with Gasteiger partial charge in [0.25, 0.3) is 5.56 Å². The van der Waals surface area contributed by atoms with Gasteiger partial charge in [0.1, 0.15) is 11.2 Å². The van der Waals surface area contributed by atoms with Crippen molar-refractivity contribution in [3.05, 3.63) is 45.8 Å². The van der Waals surface area contributed by atoms with Crippen LogP contribution < -0.4 is 10.3 Å². The van der Waals surface area contributed by atoms with E-state index in [2.05, 4.69) is 15.1 Å². The van der Waals surface area contributed by atoms with Gasteiger partial charge in [0, 0.05) is 17.7 Å². The van der Waals surface area contributed by atoms with Crippen molar-refractivity contribution >= 4 is 11.0 Å². The van der Waals surface area contributed by atoms with E-state index in [9.17, 15) is 10.0 Å². The molecule has 0 bridgehead atoms. The van der Waals surface area contributed by atoms with Gasteiger partial charge in [-0.25, -0.2) is 9.67 Å². The fourth-order valence-electron chi connectivity index (χ4n) is 3.32. The van der Waals surface area contributed by atoms with E-state index < -0.39 is 0 Å². The summed E-state index contributed by atoms with van der Waals surface area (Å²) in [7, 11) is 0. The Hall–Kier alpha value is -2.70. The number of nitrogens with zero attached hydrogens (tertiary/aromatic N) is 4. The Morgan fingerprint density at radius 2 is 2.00 bits per heavy atom. The van der Waals surface area contributed by atoms with E-state index in [1.165, 1.54) is 25.2 Å². The van der Waals surface area contributed by atoms with Gasteiger partial charge in [-0.1, -0.05) is 12.8 Å². The summed E-state index contributed by atoms with van der Waals surface area (Å²) in [6.07, 6.45) is 7.29. The van der Waals surface area contributed by atoms with Gasteiger partial charge in [0.2, 0.25) is 0 Å². The van der Waals surface area contributed by atoms with Crippen molar-refractivity contribution in [2.24, 2.45) is 0 Å². The monoisotopic (exact) mass is 311 g/mol. The second kappa shape index (κ2) is 5.19. The number of rotatable bonds is 2. The highest BCUT2D eigenvalue weighted by atomic mass is 16.5. The van der Waals surface area contributed by atoms with Crippen molar-refractivity contribution in [1.29, 1.82) is 0 Å². The molecule has 1 saturated carbocycles. The zero-order valence-corrected chi connectivity index (χ0v) is 12.8. The number of aromatic amines is 1. The summed E-state index contributed by atoms with van der Waals surface area (Å²) in [6.45, 7) is 1.84. The van der Waals surface area contributed by atoms with Gasteiger partial charge in [-0.05, 0) is 19.8 Å². The lowest BCUT2D eigenvalue weighted by molar-refractivity contribution is -0.605. The Kier molecular flexibility index (Phi) is 3.14. The highest BCUT2D eigenvalue weighted by Gasteiger charge is 2.23. The highest BCUT2D eigenvalue weighted by molar-refractivity contribution is 5.79. The van der Waals surface area contributed by atoms with E-state index in [0.717, 1.165) is 12.8 Å². The normalized spacial score (nSPS) is 15.5. The second-order valence-electron chi connectivity index (χ2n) is 6.03. The average molecular weight is 311 g/mol. The average Bonchev–Trinajstić information content (AvgIpc) is 3.16. The summed E-state index contributed by atoms with van der Waals surface area (Å²) >= 11 is 0. The number of hydrogen-bond donors (Lipinski definition) is 1. The summed E-state index contributed by atoms with van der Waals surface area (Å²) in [5.74, 6) is 0.460. The Labute approximate surface area is 132 Å². The summed E-state index contributed by atoms with van der Waals surface area (Å²) in [4.78, 5) is 19.9. The Morgan fingerprint density at radius 1 is 1.30 bits per heavy atom. The zero-order chi connectivity index (χ0) is 16.0. The van der Waals surface area contributed by atoms with Gasteiger partial charge in [0.05, 0.1) is 11.7 Å². The fraction of sp³-hybridized carbons (Fsp3) is 0.375. The van der Waals surface area contributed by atoms with Gasteiger partial charge >= 0.3 is 0 Å². The van der Waals surface area contributed by atoms with E-state index in [1.54, 1.807) is 12.1 Å². The van der Waals surface area contributed by atoms with Crippen molar-refractivity contribution in [2.75, 3.05) is 0 Å². The first kappa shape index (κ1) is 13.9. The van der Waals surface area contributed by atoms with Gasteiger partial charge in [-0.3, -0.25) is 4.79 Å². The summed E-state index contributed by atoms with van der Waals surface area (Å²) in [5, 5.41) is 16.3. The quantitative estimate of drug-likeness (QED) is 0.577. The fourth-order valence-corrected chi connectivity index (χ4v) is 3.32. The standard InChI is InChI=1S/C16H17N5O2/c1-10-13-15(21(19-10)12-4-2-3-5-12)17-14(18-16(13)22)11-6-8-20(23)9-7-11/h6-9,12H,2-5H2,1H3,(H,17,18,22). The Balaban J connectivity index is 1.92. The zero-order valence-electron chi connectivity index (χ0n) is 12.8. The number of hydrogen-bond acceptors (Lipinski definition) is 4. The van der Waals surface area contributed by atoms with Gasteiger partial charge in [-0.15, -0.1) is 0 Å². The molecule has 0 unspecified atom stereocenters. The molecule has 4 rings (SSSR count). The first-order valence-electron chi connectivity index (χ1n) is 7.82. The Morgan fingerprint density at radius 3 is 2.70 bits per heavy atom. The molecule has 0 amide bonds. The van der Waals surface area contributed by atoms with Gasteiger partial charge in [0.15, 0.2) is 18.0 Å². The lowest BCUT2D eigenvalue weighted by atomic mass is 10.2. The first-order valence-corrected chi connectivity index (χ1v) is 7.82. The molecule has 0 atom stereocenters. The van der Waals surface area contributed by atoms with Crippen LogP contribution in [-0.4, -0.2) is 19.7 Å². The number of pyridine rings is 1. The molecule has 1 N–H and O–H groups in total. The smallest absolute Gasteiger partial charge is 0.262 e. The minimum Gasteiger partial charge on any atom is -0.619 e. The predicted molar refractivity (Wildman–Crippen MR) is 84.8 cm³/mol. The summed E-state index contributed by atoms with van der Waals surface area (Å²) in [5.41, 5.74) is 1.85. The van der Waals surface area contributed by atoms with Crippen molar-refractivity contribution < 1.29 is 4.73 Å². The summed E-state index contributed by atoms with van der Waals surface area (Å²) < 4.78 is 2.61. The van der Waals surface area contributed by atoms with Crippen LogP contribution in [0.15, 0.2) is 29.3 Å². The van der Waals surface area contributed by atoms with Gasteiger partial charge < -0.3 is 10.2 Å². The predicted octanol–water partition coefficient (Wildman–Crippen LogP) is 1.84. The molecule has 1 aliphatic rings. The molecule has 0 aromatic carbocycles. The Bertz CT molecular complexity index is 920. The van der Waals surface area contributed by atoms with Crippen molar-refractivity contribution in [3.8, 4) is 11.4 Å². The van der Waals surface area contributed by atoms with E-state index in [1.807, 2.05) is 11.6 Å². The molecule has 0 aliphatic heterocycles. The third-order valence-corrected chi connectivity index (χ3v) is 4.48. The molecule has 118 valence electrons. The largest absolute Gasteiger partial charge is 0.619 e. The molecule has 3 aromatic rings. The molecule has 3 aromatic heterocycles. The molecule has 0 spiro atoms. The van der Waals surface area contributed by atoms with E-state index in [-0.39, 0.29) is 5.56 Å². The molecule has 3 heterocycles. The van der Waals surface area contributed by atoms with Crippen LogP contribution >= 0.6 is 0 Å². The van der Waals surface area contributed by atoms with E-state index >= 15 is 0 Å². The lowest BCUT2D eigenvalue weighted by Crippen LogP contribution is -2.23. The van der Waals surface area contributed by atoms with Crippen LogP contribution in [0, 0.1) is 12.1 Å². The third-order valence-electron chi connectivity index (χ3n) is 4.48.